The van der Waals surface area contributed by atoms with E-state index in [1.54, 1.807) is 12.1 Å². The molecule has 0 aliphatic heterocycles. The van der Waals surface area contributed by atoms with Crippen LogP contribution in [0.15, 0.2) is 61.2 Å². The Morgan fingerprint density at radius 2 is 1.61 bits per heavy atom. The summed E-state index contributed by atoms with van der Waals surface area (Å²) in [5.41, 5.74) is 2.92. The number of hydrogen-bond donors (Lipinski definition) is 0. The number of benzene rings is 2. The lowest BCUT2D eigenvalue weighted by Gasteiger charge is -2.27. The number of methoxy groups -OCH3 is 2. The van der Waals surface area contributed by atoms with Crippen LogP contribution in [-0.2, 0) is 25.6 Å². The Balaban J connectivity index is 2.10. The molecule has 0 N–H and O–H groups in total. The van der Waals surface area contributed by atoms with Crippen LogP contribution in [-0.4, -0.2) is 38.4 Å². The number of allylic oxidation sites excluding steroid dienone is 1. The van der Waals surface area contributed by atoms with Gasteiger partial charge in [0.15, 0.2) is 0 Å². The number of anilines is 1. The summed E-state index contributed by atoms with van der Waals surface area (Å²) >= 11 is 0. The Hall–Kier alpha value is -3.12. The van der Waals surface area contributed by atoms with Crippen molar-refractivity contribution in [2.45, 2.75) is 38.9 Å². The third-order valence-electron chi connectivity index (χ3n) is 4.99. The monoisotopic (exact) mass is 425 g/mol. The molecule has 6 heteroatoms. The van der Waals surface area contributed by atoms with Gasteiger partial charge in [-0.15, -0.1) is 0 Å². The minimum Gasteiger partial charge on any atom is -0.468 e. The number of carbonyl (C=O) groups excluding carboxylic acids is 2. The zero-order valence-corrected chi connectivity index (χ0v) is 18.7. The van der Waals surface area contributed by atoms with Gasteiger partial charge in [-0.25, -0.2) is 4.79 Å². The minimum absolute atomic E-state index is 0.251. The molecule has 0 aliphatic rings. The van der Waals surface area contributed by atoms with Crippen LogP contribution in [0.3, 0.4) is 0 Å². The lowest BCUT2D eigenvalue weighted by molar-refractivity contribution is -0.138. The highest BCUT2D eigenvalue weighted by Gasteiger charge is 2.24. The molecule has 2 aromatic carbocycles. The van der Waals surface area contributed by atoms with Crippen molar-refractivity contribution in [1.29, 1.82) is 0 Å². The summed E-state index contributed by atoms with van der Waals surface area (Å²) in [4.78, 5) is 25.4. The number of carbonyl (C=O) groups is 2. The highest BCUT2D eigenvalue weighted by Crippen LogP contribution is 2.32. The van der Waals surface area contributed by atoms with Gasteiger partial charge in [0.05, 0.1) is 32.1 Å². The predicted octanol–water partition coefficient (Wildman–Crippen LogP) is 5.22. The van der Waals surface area contributed by atoms with Crippen LogP contribution >= 0.6 is 0 Å². The maximum absolute atomic E-state index is 12.3. The summed E-state index contributed by atoms with van der Waals surface area (Å²) in [6.45, 7) is 8.60. The van der Waals surface area contributed by atoms with Gasteiger partial charge in [0, 0.05) is 5.56 Å². The summed E-state index contributed by atoms with van der Waals surface area (Å²) in [7, 11) is 2.55. The fraction of sp³-hybridized carbons (Fsp3) is 0.360. The first-order chi connectivity index (χ1) is 14.8. The second kappa shape index (κ2) is 11.3. The number of ether oxygens (including phenoxy) is 3. The number of rotatable bonds is 10. The number of para-hydroxylation sites is 1. The molecule has 1 amide bonds. The molecule has 0 unspecified atom stereocenters. The highest BCUT2D eigenvalue weighted by molar-refractivity contribution is 5.96. The van der Waals surface area contributed by atoms with Crippen molar-refractivity contribution in [3.63, 3.8) is 0 Å². The Labute approximate surface area is 184 Å². The van der Waals surface area contributed by atoms with E-state index in [0.29, 0.717) is 18.7 Å². The largest absolute Gasteiger partial charge is 0.468 e. The fourth-order valence-corrected chi connectivity index (χ4v) is 3.07. The topological polar surface area (TPSA) is 65.1 Å². The van der Waals surface area contributed by atoms with E-state index in [2.05, 4.69) is 6.58 Å². The quantitative estimate of drug-likeness (QED) is 0.488. The molecule has 0 spiro atoms. The lowest BCUT2D eigenvalue weighted by Crippen LogP contribution is -2.36. The predicted molar refractivity (Wildman–Crippen MR) is 122 cm³/mol. The van der Waals surface area contributed by atoms with E-state index in [1.807, 2.05) is 56.3 Å². The van der Waals surface area contributed by atoms with Gasteiger partial charge in [-0.1, -0.05) is 55.1 Å². The molecule has 0 bridgehead atoms. The van der Waals surface area contributed by atoms with Gasteiger partial charge in [-0.2, -0.15) is 0 Å². The molecule has 0 radical (unpaired) electrons. The molecule has 31 heavy (non-hydrogen) atoms. The Bertz CT molecular complexity index is 892. The van der Waals surface area contributed by atoms with Gasteiger partial charge < -0.3 is 14.2 Å². The average molecular weight is 426 g/mol. The summed E-state index contributed by atoms with van der Waals surface area (Å²) in [5.74, 6) is -0.540. The lowest BCUT2D eigenvalue weighted by atomic mass is 9.94. The fourth-order valence-electron chi connectivity index (χ4n) is 3.07. The number of amides is 1. The highest BCUT2D eigenvalue weighted by atomic mass is 16.5. The van der Waals surface area contributed by atoms with Crippen LogP contribution in [0.1, 0.15) is 37.8 Å². The van der Waals surface area contributed by atoms with Crippen molar-refractivity contribution < 1.29 is 23.8 Å². The van der Waals surface area contributed by atoms with Crippen LogP contribution < -0.4 is 4.90 Å². The van der Waals surface area contributed by atoms with Gasteiger partial charge >= 0.3 is 12.1 Å². The zero-order valence-electron chi connectivity index (χ0n) is 18.7. The van der Waals surface area contributed by atoms with Gasteiger partial charge in [0.25, 0.3) is 0 Å². The van der Waals surface area contributed by atoms with Gasteiger partial charge in [0.2, 0.25) is 0 Å². The van der Waals surface area contributed by atoms with Crippen LogP contribution in [0.4, 0.5) is 10.5 Å². The number of nitrogens with zero attached hydrogens (tertiary/aromatic N) is 1. The first-order valence-corrected chi connectivity index (χ1v) is 10.1. The molecule has 0 saturated carbocycles. The normalized spacial score (nSPS) is 11.0. The smallest absolute Gasteiger partial charge is 0.414 e. The van der Waals surface area contributed by atoms with E-state index in [-0.39, 0.29) is 12.1 Å². The maximum Gasteiger partial charge on any atom is 0.414 e. The summed E-state index contributed by atoms with van der Waals surface area (Å²) < 4.78 is 15.7. The van der Waals surface area contributed by atoms with E-state index < -0.39 is 12.1 Å². The second-order valence-corrected chi connectivity index (χ2v) is 7.79. The second-order valence-electron chi connectivity index (χ2n) is 7.79. The van der Waals surface area contributed by atoms with E-state index in [9.17, 15) is 9.59 Å². The van der Waals surface area contributed by atoms with Crippen molar-refractivity contribution >= 4 is 23.3 Å². The molecule has 0 atom stereocenters. The molecule has 166 valence electrons. The number of hydrogen-bond acceptors (Lipinski definition) is 5. The molecular weight excluding hydrogens is 394 g/mol. The SMILES string of the molecule is C=C(CCC(C)(C)OCc1ccccc1)c1ccccc1N(CC(=O)OC)C(=O)OC. The Morgan fingerprint density at radius 1 is 0.968 bits per heavy atom. The van der Waals surface area contributed by atoms with Crippen molar-refractivity contribution in [1.82, 2.24) is 0 Å². The molecule has 0 saturated heterocycles. The van der Waals surface area contributed by atoms with Gasteiger partial charge in [0.1, 0.15) is 6.54 Å². The summed E-state index contributed by atoms with van der Waals surface area (Å²) in [6, 6.07) is 17.3. The van der Waals surface area contributed by atoms with Crippen molar-refractivity contribution in [2.75, 3.05) is 25.7 Å². The van der Waals surface area contributed by atoms with Gasteiger partial charge in [-0.3, -0.25) is 9.69 Å². The third kappa shape index (κ3) is 7.26. The Morgan fingerprint density at radius 3 is 2.26 bits per heavy atom. The van der Waals surface area contributed by atoms with Crippen LogP contribution in [0.25, 0.3) is 5.57 Å². The first-order valence-electron chi connectivity index (χ1n) is 10.1. The molecule has 0 heterocycles. The molecular formula is C25H31NO5. The summed E-state index contributed by atoms with van der Waals surface area (Å²) in [6.07, 6.45) is 0.756. The van der Waals surface area contributed by atoms with Crippen LogP contribution in [0, 0.1) is 0 Å². The zero-order chi connectivity index (χ0) is 22.9. The third-order valence-corrected chi connectivity index (χ3v) is 4.99. The molecule has 0 aromatic heterocycles. The summed E-state index contributed by atoms with van der Waals surface area (Å²) in [5, 5.41) is 0. The van der Waals surface area contributed by atoms with E-state index >= 15 is 0 Å². The molecule has 0 aliphatic carbocycles. The molecule has 2 rings (SSSR count). The Kier molecular flexibility index (Phi) is 8.82. The van der Waals surface area contributed by atoms with Gasteiger partial charge in [-0.05, 0) is 43.9 Å². The molecule has 2 aromatic rings. The van der Waals surface area contributed by atoms with Crippen LogP contribution in [0.5, 0.6) is 0 Å². The van der Waals surface area contributed by atoms with Crippen molar-refractivity contribution in [3.8, 4) is 0 Å². The maximum atomic E-state index is 12.3. The number of esters is 1. The average Bonchev–Trinajstić information content (AvgIpc) is 2.79. The van der Waals surface area contributed by atoms with Crippen LogP contribution in [0.2, 0.25) is 0 Å². The van der Waals surface area contributed by atoms with Crippen molar-refractivity contribution in [2.24, 2.45) is 0 Å². The molecule has 0 fully saturated rings. The standard InChI is InChI=1S/C25H31NO5/c1-19(15-16-25(2,3)31-18-20-11-7-6-8-12-20)21-13-9-10-14-22(21)26(24(28)30-5)17-23(27)29-4/h6-14H,1,15-18H2,2-5H3. The van der Waals surface area contributed by atoms with Crippen molar-refractivity contribution in [3.05, 3.63) is 72.3 Å². The molecule has 6 nitrogen and oxygen atoms in total. The van der Waals surface area contributed by atoms with E-state index in [4.69, 9.17) is 14.2 Å². The van der Waals surface area contributed by atoms with E-state index in [1.165, 1.54) is 19.1 Å². The minimum atomic E-state index is -0.642. The van der Waals surface area contributed by atoms with E-state index in [0.717, 1.165) is 23.1 Å². The first kappa shape index (κ1) is 24.2.